The highest BCUT2D eigenvalue weighted by atomic mass is 79.9. The molecule has 0 saturated heterocycles. The number of aryl methyl sites for hydroxylation is 1. The van der Waals surface area contributed by atoms with E-state index in [0.29, 0.717) is 4.53 Å². The summed E-state index contributed by atoms with van der Waals surface area (Å²) in [5.41, 5.74) is 6.68. The van der Waals surface area contributed by atoms with Crippen molar-refractivity contribution in [3.05, 3.63) is 125 Å². The Hall–Kier alpha value is -3.22. The smallest absolute Gasteiger partial charge is 0.271 e. The van der Waals surface area contributed by atoms with Crippen molar-refractivity contribution in [2.24, 2.45) is 4.99 Å². The Balaban J connectivity index is 1.59. The Morgan fingerprint density at radius 3 is 2.58 bits per heavy atom. The number of nitrogens with zero attached hydrogens (tertiary/aromatic N) is 2. The molecular formula is C30H25BrN2O2S. The largest absolute Gasteiger partial charge is 0.490 e. The molecule has 0 saturated carbocycles. The molecule has 3 aromatic carbocycles. The maximum Gasteiger partial charge on any atom is 0.271 e. The van der Waals surface area contributed by atoms with Gasteiger partial charge in [0.15, 0.2) is 4.80 Å². The molecule has 0 fully saturated rings. The summed E-state index contributed by atoms with van der Waals surface area (Å²) in [6.07, 6.45) is 3.81. The van der Waals surface area contributed by atoms with Gasteiger partial charge in [-0.05, 0) is 67.7 Å². The van der Waals surface area contributed by atoms with E-state index in [4.69, 9.17) is 9.73 Å². The summed E-state index contributed by atoms with van der Waals surface area (Å²) in [5, 5.41) is 0. The molecule has 1 aliphatic heterocycles. The van der Waals surface area contributed by atoms with Crippen LogP contribution in [0, 0.1) is 0 Å². The van der Waals surface area contributed by atoms with E-state index in [1.54, 1.807) is 0 Å². The van der Waals surface area contributed by atoms with E-state index in [1.807, 2.05) is 60.9 Å². The topological polar surface area (TPSA) is 43.6 Å². The van der Waals surface area contributed by atoms with Crippen LogP contribution in [-0.2, 0) is 6.42 Å². The van der Waals surface area contributed by atoms with Crippen molar-refractivity contribution in [1.29, 1.82) is 0 Å². The summed E-state index contributed by atoms with van der Waals surface area (Å²) in [4.78, 5) is 19.8. The Morgan fingerprint density at radius 2 is 1.78 bits per heavy atom. The molecule has 1 aromatic heterocycles. The molecule has 0 amide bonds. The molecule has 6 heteroatoms. The van der Waals surface area contributed by atoms with Gasteiger partial charge in [0.25, 0.3) is 5.56 Å². The third kappa shape index (κ3) is 4.08. The monoisotopic (exact) mass is 556 g/mol. The lowest BCUT2D eigenvalue weighted by Crippen LogP contribution is -2.38. The molecule has 0 N–H and O–H groups in total. The first-order chi connectivity index (χ1) is 17.5. The third-order valence-electron chi connectivity index (χ3n) is 6.63. The molecule has 2 heterocycles. The van der Waals surface area contributed by atoms with Crippen molar-refractivity contribution in [2.45, 2.75) is 38.8 Å². The zero-order chi connectivity index (χ0) is 24.8. The number of hydrogen-bond donors (Lipinski definition) is 0. The van der Waals surface area contributed by atoms with Gasteiger partial charge in [-0.2, -0.15) is 0 Å². The zero-order valence-electron chi connectivity index (χ0n) is 20.1. The first-order valence-electron chi connectivity index (χ1n) is 12.1. The molecule has 0 radical (unpaired) electrons. The minimum absolute atomic E-state index is 0.0172. The van der Waals surface area contributed by atoms with Crippen LogP contribution in [0.25, 0.3) is 11.8 Å². The van der Waals surface area contributed by atoms with Crippen LogP contribution in [0.2, 0.25) is 0 Å². The van der Waals surface area contributed by atoms with Crippen LogP contribution < -0.4 is 19.6 Å². The van der Waals surface area contributed by atoms with Crippen molar-refractivity contribution in [3.63, 3.8) is 0 Å². The SMILES string of the molecule is CC(C)Oc1ccccc1C=c1sc2n(c1=O)C(c1ccc(Br)cc1)C1=C(N=2)c2ccccc2CC1. The zero-order valence-corrected chi connectivity index (χ0v) is 22.5. The van der Waals surface area contributed by atoms with Gasteiger partial charge in [-0.25, -0.2) is 4.99 Å². The highest BCUT2D eigenvalue weighted by Gasteiger charge is 2.32. The number of ether oxygens (including phenoxy) is 1. The number of allylic oxidation sites excluding steroid dienone is 1. The number of para-hydroxylation sites is 1. The number of aromatic nitrogens is 1. The van der Waals surface area contributed by atoms with E-state index < -0.39 is 0 Å². The fourth-order valence-electron chi connectivity index (χ4n) is 5.07. The Morgan fingerprint density at radius 1 is 1.03 bits per heavy atom. The van der Waals surface area contributed by atoms with Crippen LogP contribution in [-0.4, -0.2) is 10.7 Å². The lowest BCUT2D eigenvalue weighted by atomic mass is 9.83. The first kappa shape index (κ1) is 23.2. The second-order valence-corrected chi connectivity index (χ2v) is 11.3. The van der Waals surface area contributed by atoms with Crippen LogP contribution in [0.15, 0.2) is 92.6 Å². The predicted molar refractivity (Wildman–Crippen MR) is 149 cm³/mol. The standard InChI is InChI=1S/C30H25BrN2O2S/c1-18(2)35-25-10-6-4-8-21(25)17-26-29(34)33-28(20-11-14-22(31)15-12-20)24-16-13-19-7-3-5-9-23(19)27(24)32-30(33)36-26/h3-12,14-15,17-18,28H,13,16H2,1-2H3. The van der Waals surface area contributed by atoms with Gasteiger partial charge in [0.1, 0.15) is 5.75 Å². The quantitative estimate of drug-likeness (QED) is 0.315. The molecule has 0 bridgehead atoms. The molecule has 1 aliphatic carbocycles. The van der Waals surface area contributed by atoms with Crippen LogP contribution in [0.1, 0.15) is 48.6 Å². The van der Waals surface area contributed by atoms with Crippen LogP contribution in [0.3, 0.4) is 0 Å². The summed E-state index contributed by atoms with van der Waals surface area (Å²) < 4.78 is 9.57. The Kier molecular flexibility index (Phi) is 6.02. The lowest BCUT2D eigenvalue weighted by molar-refractivity contribution is 0.242. The maximum absolute atomic E-state index is 13.9. The number of halogens is 1. The molecule has 1 atom stereocenters. The third-order valence-corrected chi connectivity index (χ3v) is 8.14. The molecule has 4 nitrogen and oxygen atoms in total. The molecule has 180 valence electrons. The molecule has 6 rings (SSSR count). The second-order valence-electron chi connectivity index (χ2n) is 9.37. The van der Waals surface area contributed by atoms with Crippen LogP contribution in [0.4, 0.5) is 0 Å². The van der Waals surface area contributed by atoms with Gasteiger partial charge in [-0.1, -0.05) is 81.9 Å². The van der Waals surface area contributed by atoms with E-state index in [2.05, 4.69) is 52.3 Å². The number of fused-ring (bicyclic) bond motifs is 3. The second kappa shape index (κ2) is 9.34. The summed E-state index contributed by atoms with van der Waals surface area (Å²) in [5.74, 6) is 0.774. The average Bonchev–Trinajstić information content (AvgIpc) is 3.18. The van der Waals surface area contributed by atoms with E-state index in [9.17, 15) is 4.79 Å². The van der Waals surface area contributed by atoms with Crippen LogP contribution in [0.5, 0.6) is 5.75 Å². The Labute approximate surface area is 222 Å². The van der Waals surface area contributed by atoms with Crippen molar-refractivity contribution < 1.29 is 4.74 Å². The van der Waals surface area contributed by atoms with E-state index >= 15 is 0 Å². The van der Waals surface area contributed by atoms with Crippen molar-refractivity contribution in [2.75, 3.05) is 0 Å². The number of rotatable bonds is 4. The molecule has 2 aliphatic rings. The van der Waals surface area contributed by atoms with Gasteiger partial charge in [0.05, 0.1) is 22.4 Å². The molecular weight excluding hydrogens is 532 g/mol. The van der Waals surface area contributed by atoms with E-state index in [-0.39, 0.29) is 17.7 Å². The van der Waals surface area contributed by atoms with E-state index in [0.717, 1.165) is 44.7 Å². The van der Waals surface area contributed by atoms with Gasteiger partial charge in [0, 0.05) is 15.6 Å². The number of thiazole rings is 1. The van der Waals surface area contributed by atoms with Gasteiger partial charge in [-0.15, -0.1) is 0 Å². The predicted octanol–water partition coefficient (Wildman–Crippen LogP) is 5.87. The minimum atomic E-state index is -0.179. The van der Waals surface area contributed by atoms with Gasteiger partial charge < -0.3 is 4.74 Å². The fourth-order valence-corrected chi connectivity index (χ4v) is 6.33. The summed E-state index contributed by atoms with van der Waals surface area (Å²) in [6, 6.07) is 24.5. The minimum Gasteiger partial charge on any atom is -0.490 e. The summed E-state index contributed by atoms with van der Waals surface area (Å²) >= 11 is 5.00. The molecule has 0 spiro atoms. The normalized spacial score (nSPS) is 16.9. The Bertz CT molecular complexity index is 1680. The van der Waals surface area contributed by atoms with Gasteiger partial charge in [0.2, 0.25) is 0 Å². The number of hydrogen-bond acceptors (Lipinski definition) is 4. The van der Waals surface area contributed by atoms with Gasteiger partial charge >= 0.3 is 0 Å². The fraction of sp³-hybridized carbons (Fsp3) is 0.200. The van der Waals surface area contributed by atoms with Gasteiger partial charge in [-0.3, -0.25) is 9.36 Å². The maximum atomic E-state index is 13.9. The van der Waals surface area contributed by atoms with E-state index in [1.165, 1.54) is 28.0 Å². The number of benzene rings is 3. The highest BCUT2D eigenvalue weighted by Crippen LogP contribution is 2.41. The summed E-state index contributed by atoms with van der Waals surface area (Å²) in [7, 11) is 0. The molecule has 1 unspecified atom stereocenters. The molecule has 36 heavy (non-hydrogen) atoms. The molecule has 4 aromatic rings. The van der Waals surface area contributed by atoms with Crippen LogP contribution >= 0.6 is 27.3 Å². The van der Waals surface area contributed by atoms with Crippen molar-refractivity contribution >= 4 is 39.0 Å². The average molecular weight is 558 g/mol. The van der Waals surface area contributed by atoms with Crippen molar-refractivity contribution in [3.8, 4) is 5.75 Å². The summed E-state index contributed by atoms with van der Waals surface area (Å²) in [6.45, 7) is 4.01. The highest BCUT2D eigenvalue weighted by molar-refractivity contribution is 9.10. The lowest BCUT2D eigenvalue weighted by Gasteiger charge is -2.30. The first-order valence-corrected chi connectivity index (χ1v) is 13.7. The van der Waals surface area contributed by atoms with Crippen molar-refractivity contribution in [1.82, 2.24) is 4.57 Å².